The van der Waals surface area contributed by atoms with Crippen LogP contribution in [0.4, 0.5) is 11.4 Å². The number of hydrogen-bond donors (Lipinski definition) is 0. The molecule has 0 aliphatic heterocycles. The van der Waals surface area contributed by atoms with Gasteiger partial charge < -0.3 is 9.64 Å². The highest BCUT2D eigenvalue weighted by atomic mass is 35.5. The van der Waals surface area contributed by atoms with Gasteiger partial charge in [0.2, 0.25) is 0 Å². The quantitative estimate of drug-likeness (QED) is 0.301. The third-order valence-corrected chi connectivity index (χ3v) is 4.71. The first-order chi connectivity index (χ1) is 14.9. The lowest BCUT2D eigenvalue weighted by Gasteiger charge is -2.23. The highest BCUT2D eigenvalue weighted by molar-refractivity contribution is 6.32. The molecule has 158 valence electrons. The SMILES string of the molecule is CCOC(=O)c1ccc(N(Cc2cccnc2)C(=O)c2ccc(Cl)c([N+](=O)[O-])c2)cc1. The Bertz CT molecular complexity index is 1100. The van der Waals surface area contributed by atoms with Crippen LogP contribution in [-0.2, 0) is 11.3 Å². The molecule has 8 nitrogen and oxygen atoms in total. The highest BCUT2D eigenvalue weighted by Crippen LogP contribution is 2.27. The van der Waals surface area contributed by atoms with E-state index in [1.807, 2.05) is 6.07 Å². The maximum Gasteiger partial charge on any atom is 0.338 e. The minimum Gasteiger partial charge on any atom is -0.462 e. The topological polar surface area (TPSA) is 103 Å². The molecule has 0 saturated heterocycles. The summed E-state index contributed by atoms with van der Waals surface area (Å²) in [5.74, 6) is -0.931. The number of nitro groups is 1. The van der Waals surface area contributed by atoms with E-state index in [1.54, 1.807) is 49.6 Å². The minimum absolute atomic E-state index is 0.0563. The fraction of sp³-hybridized carbons (Fsp3) is 0.136. The second-order valence-electron chi connectivity index (χ2n) is 6.44. The molecule has 31 heavy (non-hydrogen) atoms. The van der Waals surface area contributed by atoms with E-state index in [9.17, 15) is 19.7 Å². The number of ether oxygens (including phenoxy) is 1. The van der Waals surface area contributed by atoms with Gasteiger partial charge in [-0.1, -0.05) is 17.7 Å². The molecule has 0 atom stereocenters. The second kappa shape index (κ2) is 9.82. The number of anilines is 1. The summed E-state index contributed by atoms with van der Waals surface area (Å²) in [4.78, 5) is 41.3. The third-order valence-electron chi connectivity index (χ3n) is 4.39. The molecular formula is C22H18ClN3O5. The number of nitrogens with zero attached hydrogens (tertiary/aromatic N) is 3. The molecule has 0 N–H and O–H groups in total. The van der Waals surface area contributed by atoms with Gasteiger partial charge in [-0.25, -0.2) is 4.79 Å². The van der Waals surface area contributed by atoms with Crippen molar-refractivity contribution < 1.29 is 19.2 Å². The van der Waals surface area contributed by atoms with Gasteiger partial charge in [0.05, 0.1) is 23.6 Å². The number of halogens is 1. The van der Waals surface area contributed by atoms with Gasteiger partial charge in [-0.3, -0.25) is 19.9 Å². The zero-order valence-electron chi connectivity index (χ0n) is 16.5. The number of carbonyl (C=O) groups is 2. The molecule has 1 aromatic heterocycles. The van der Waals surface area contributed by atoms with E-state index in [-0.39, 0.29) is 29.4 Å². The van der Waals surface area contributed by atoms with Crippen LogP contribution in [0.1, 0.15) is 33.2 Å². The van der Waals surface area contributed by atoms with Gasteiger partial charge in [-0.2, -0.15) is 0 Å². The second-order valence-corrected chi connectivity index (χ2v) is 6.85. The number of nitro benzene ring substituents is 1. The highest BCUT2D eigenvalue weighted by Gasteiger charge is 2.22. The first kappa shape index (κ1) is 21.9. The molecule has 3 rings (SSSR count). The standard InChI is InChI=1S/C22H18ClN3O5/c1-2-31-22(28)16-5-8-18(9-6-16)25(14-15-4-3-11-24-13-15)21(27)17-7-10-19(23)20(12-17)26(29)30/h3-13H,2,14H2,1H3. The number of carbonyl (C=O) groups excluding carboxylic acids is 2. The number of pyridine rings is 1. The summed E-state index contributed by atoms with van der Waals surface area (Å²) in [6.07, 6.45) is 3.24. The number of hydrogen-bond acceptors (Lipinski definition) is 6. The van der Waals surface area contributed by atoms with Crippen molar-refractivity contribution in [1.29, 1.82) is 0 Å². The molecule has 9 heteroatoms. The lowest BCUT2D eigenvalue weighted by molar-refractivity contribution is -0.384. The van der Waals surface area contributed by atoms with E-state index in [0.717, 1.165) is 11.6 Å². The van der Waals surface area contributed by atoms with Gasteiger partial charge in [-0.15, -0.1) is 0 Å². The van der Waals surface area contributed by atoms with Gasteiger partial charge in [-0.05, 0) is 55.0 Å². The molecule has 1 heterocycles. The molecule has 0 spiro atoms. The Hall–Kier alpha value is -3.78. The lowest BCUT2D eigenvalue weighted by atomic mass is 10.1. The van der Waals surface area contributed by atoms with Crippen LogP contribution in [0.5, 0.6) is 0 Å². The van der Waals surface area contributed by atoms with Gasteiger partial charge in [0.25, 0.3) is 11.6 Å². The number of benzene rings is 2. The molecule has 0 unspecified atom stereocenters. The molecule has 0 aliphatic carbocycles. The Morgan fingerprint density at radius 2 is 1.84 bits per heavy atom. The molecule has 1 amide bonds. The van der Waals surface area contributed by atoms with Crippen LogP contribution in [0.15, 0.2) is 67.0 Å². The Morgan fingerprint density at radius 1 is 1.13 bits per heavy atom. The van der Waals surface area contributed by atoms with Crippen molar-refractivity contribution in [3.8, 4) is 0 Å². The fourth-order valence-electron chi connectivity index (χ4n) is 2.89. The van der Waals surface area contributed by atoms with E-state index in [0.29, 0.717) is 11.3 Å². The summed E-state index contributed by atoms with van der Waals surface area (Å²) in [6.45, 7) is 2.13. The zero-order valence-corrected chi connectivity index (χ0v) is 17.3. The fourth-order valence-corrected chi connectivity index (χ4v) is 3.07. The Kier molecular flexibility index (Phi) is 6.94. The average Bonchev–Trinajstić information content (AvgIpc) is 2.78. The van der Waals surface area contributed by atoms with Gasteiger partial charge in [0, 0.05) is 29.7 Å². The first-order valence-electron chi connectivity index (χ1n) is 9.32. The number of esters is 1. The van der Waals surface area contributed by atoms with Crippen LogP contribution < -0.4 is 4.90 Å². The van der Waals surface area contributed by atoms with Crippen LogP contribution in [0.3, 0.4) is 0 Å². The Labute approximate surface area is 183 Å². The van der Waals surface area contributed by atoms with Crippen molar-refractivity contribution in [2.24, 2.45) is 0 Å². The predicted molar refractivity (Wildman–Crippen MR) is 115 cm³/mol. The van der Waals surface area contributed by atoms with Crippen LogP contribution >= 0.6 is 11.6 Å². The third kappa shape index (κ3) is 5.23. The smallest absolute Gasteiger partial charge is 0.338 e. The van der Waals surface area contributed by atoms with E-state index >= 15 is 0 Å². The normalized spacial score (nSPS) is 10.4. The van der Waals surface area contributed by atoms with Gasteiger partial charge in [0.1, 0.15) is 5.02 Å². The maximum absolute atomic E-state index is 13.3. The monoisotopic (exact) mass is 439 g/mol. The summed E-state index contributed by atoms with van der Waals surface area (Å²) in [7, 11) is 0. The van der Waals surface area contributed by atoms with Crippen LogP contribution in [0.25, 0.3) is 0 Å². The number of aromatic nitrogens is 1. The van der Waals surface area contributed by atoms with Crippen LogP contribution in [0.2, 0.25) is 5.02 Å². The van der Waals surface area contributed by atoms with Crippen molar-refractivity contribution >= 4 is 34.9 Å². The zero-order chi connectivity index (χ0) is 22.4. The summed E-state index contributed by atoms with van der Waals surface area (Å²) in [5, 5.41) is 11.2. The van der Waals surface area contributed by atoms with Crippen molar-refractivity contribution in [1.82, 2.24) is 4.98 Å². The summed E-state index contributed by atoms with van der Waals surface area (Å²) in [6, 6.07) is 13.8. The van der Waals surface area contributed by atoms with Crippen LogP contribution in [-0.4, -0.2) is 28.4 Å². The summed E-state index contributed by atoms with van der Waals surface area (Å²) in [5.41, 5.74) is 1.36. The molecule has 3 aromatic rings. The average molecular weight is 440 g/mol. The molecule has 2 aromatic carbocycles. The van der Waals surface area contributed by atoms with Crippen LogP contribution in [0, 0.1) is 10.1 Å². The first-order valence-corrected chi connectivity index (χ1v) is 9.70. The molecular weight excluding hydrogens is 422 g/mol. The minimum atomic E-state index is -0.640. The van der Waals surface area contributed by atoms with Gasteiger partial charge >= 0.3 is 5.97 Å². The Balaban J connectivity index is 1.99. The molecule has 0 bridgehead atoms. The van der Waals surface area contributed by atoms with E-state index in [1.165, 1.54) is 17.0 Å². The summed E-state index contributed by atoms with van der Waals surface area (Å²) >= 11 is 5.88. The maximum atomic E-state index is 13.3. The molecule has 0 fully saturated rings. The van der Waals surface area contributed by atoms with Crippen molar-refractivity contribution in [3.63, 3.8) is 0 Å². The molecule has 0 saturated carbocycles. The van der Waals surface area contributed by atoms with Crippen molar-refractivity contribution in [2.75, 3.05) is 11.5 Å². The van der Waals surface area contributed by atoms with E-state index in [2.05, 4.69) is 4.98 Å². The predicted octanol–water partition coefficient (Wildman–Crippen LogP) is 4.67. The van der Waals surface area contributed by atoms with Crippen molar-refractivity contribution in [2.45, 2.75) is 13.5 Å². The Morgan fingerprint density at radius 3 is 2.45 bits per heavy atom. The van der Waals surface area contributed by atoms with Crippen molar-refractivity contribution in [3.05, 3.63) is 98.8 Å². The van der Waals surface area contributed by atoms with E-state index < -0.39 is 16.8 Å². The lowest BCUT2D eigenvalue weighted by Crippen LogP contribution is -2.30. The number of rotatable bonds is 7. The number of amides is 1. The largest absolute Gasteiger partial charge is 0.462 e. The van der Waals surface area contributed by atoms with Gasteiger partial charge in [0.15, 0.2) is 0 Å². The molecule has 0 radical (unpaired) electrons. The summed E-state index contributed by atoms with van der Waals surface area (Å²) < 4.78 is 4.98. The molecule has 0 aliphatic rings. The van der Waals surface area contributed by atoms with E-state index in [4.69, 9.17) is 16.3 Å².